The van der Waals surface area contributed by atoms with E-state index in [0.717, 1.165) is 28.1 Å². The molecule has 1 amide bonds. The summed E-state index contributed by atoms with van der Waals surface area (Å²) in [6.07, 6.45) is -2.07. The third-order valence-electron chi connectivity index (χ3n) is 5.52. The van der Waals surface area contributed by atoms with Gasteiger partial charge in [-0.25, -0.2) is 18.3 Å². The number of amides is 1. The van der Waals surface area contributed by atoms with Crippen LogP contribution in [0.1, 0.15) is 46.4 Å². The Balaban J connectivity index is 1.70. The van der Waals surface area contributed by atoms with Gasteiger partial charge in [0.05, 0.1) is 27.8 Å². The molecular formula is C21H20F5N5OS. The lowest BCUT2D eigenvalue weighted by Crippen LogP contribution is -2.59. The Bertz CT molecular complexity index is 1230. The molecule has 0 aliphatic heterocycles. The van der Waals surface area contributed by atoms with Gasteiger partial charge in [0.15, 0.2) is 5.01 Å². The number of allylic oxidation sites excluding steroid dienone is 1. The normalized spacial score (nSPS) is 20.7. The molecule has 33 heavy (non-hydrogen) atoms. The first-order valence-corrected chi connectivity index (χ1v) is 10.9. The fraction of sp³-hybridized carbons (Fsp3) is 0.381. The molecule has 12 heteroatoms. The molecule has 2 atom stereocenters. The van der Waals surface area contributed by atoms with Crippen molar-refractivity contribution in [2.45, 2.75) is 50.4 Å². The first-order valence-electron chi connectivity index (χ1n) is 10.0. The van der Waals surface area contributed by atoms with Gasteiger partial charge in [-0.3, -0.25) is 4.79 Å². The maximum absolute atomic E-state index is 14.3. The summed E-state index contributed by atoms with van der Waals surface area (Å²) in [5.74, 6) is -3.94. The zero-order valence-corrected chi connectivity index (χ0v) is 18.2. The lowest BCUT2D eigenvalue weighted by molar-refractivity contribution is -0.137. The molecular weight excluding hydrogens is 465 g/mol. The number of nitrogens with two attached hydrogens (primary N) is 1. The summed E-state index contributed by atoms with van der Waals surface area (Å²) in [5.41, 5.74) is 6.52. The van der Waals surface area contributed by atoms with Crippen molar-refractivity contribution in [2.75, 3.05) is 0 Å². The van der Waals surface area contributed by atoms with E-state index in [4.69, 9.17) is 5.73 Å². The fourth-order valence-corrected chi connectivity index (χ4v) is 4.76. The molecule has 0 radical (unpaired) electrons. The third kappa shape index (κ3) is 4.36. The summed E-state index contributed by atoms with van der Waals surface area (Å²) < 4.78 is 68.7. The molecule has 1 saturated carbocycles. The van der Waals surface area contributed by atoms with Crippen LogP contribution >= 0.6 is 11.3 Å². The predicted octanol–water partition coefficient (Wildman–Crippen LogP) is 4.75. The van der Waals surface area contributed by atoms with E-state index in [1.54, 1.807) is 6.92 Å². The van der Waals surface area contributed by atoms with E-state index in [1.165, 1.54) is 12.3 Å². The first-order chi connectivity index (χ1) is 15.4. The minimum atomic E-state index is -4.53. The second-order valence-electron chi connectivity index (χ2n) is 8.05. The van der Waals surface area contributed by atoms with Crippen molar-refractivity contribution < 1.29 is 26.7 Å². The van der Waals surface area contributed by atoms with Gasteiger partial charge in [0.25, 0.3) is 11.8 Å². The maximum Gasteiger partial charge on any atom is 0.417 e. The van der Waals surface area contributed by atoms with Gasteiger partial charge in [-0.15, -0.1) is 11.3 Å². The highest BCUT2D eigenvalue weighted by atomic mass is 32.1. The molecule has 0 aromatic carbocycles. The topological polar surface area (TPSA) is 85.3 Å². The summed E-state index contributed by atoms with van der Waals surface area (Å²) in [7, 11) is 0. The highest BCUT2D eigenvalue weighted by molar-refractivity contribution is 7.15. The Labute approximate surface area is 189 Å². The van der Waals surface area contributed by atoms with Crippen molar-refractivity contribution in [3.8, 4) is 11.3 Å². The van der Waals surface area contributed by atoms with E-state index in [9.17, 15) is 26.7 Å². The van der Waals surface area contributed by atoms with Crippen LogP contribution in [0.4, 0.5) is 22.0 Å². The number of thiazole rings is 1. The number of nitrogens with zero attached hydrogens (tertiary/aromatic N) is 3. The number of carbonyl (C=O) groups excluding carboxylic acids is 1. The van der Waals surface area contributed by atoms with Crippen LogP contribution in [0, 0.1) is 0 Å². The van der Waals surface area contributed by atoms with E-state index in [-0.39, 0.29) is 23.5 Å². The zero-order chi connectivity index (χ0) is 24.1. The number of hydrogen-bond acceptors (Lipinski definition) is 5. The van der Waals surface area contributed by atoms with Crippen molar-refractivity contribution >= 4 is 28.3 Å². The average molecular weight is 485 g/mol. The molecule has 3 heterocycles. The number of pyridine rings is 1. The molecule has 176 valence electrons. The summed E-state index contributed by atoms with van der Waals surface area (Å²) in [5, 5.41) is 6.22. The number of halogens is 5. The van der Waals surface area contributed by atoms with Crippen molar-refractivity contribution in [1.82, 2.24) is 19.9 Å². The SMILES string of the molecule is C=C(C)c1sc(C(=O)NC2C(N)CCCC2(F)F)nc1-c1cnn2cc(C(F)(F)F)ccc12. The molecule has 2 unspecified atom stereocenters. The average Bonchev–Trinajstić information content (AvgIpc) is 3.33. The van der Waals surface area contributed by atoms with Crippen LogP contribution in [-0.4, -0.2) is 38.5 Å². The van der Waals surface area contributed by atoms with E-state index >= 15 is 0 Å². The third-order valence-corrected chi connectivity index (χ3v) is 6.74. The van der Waals surface area contributed by atoms with Crippen molar-refractivity contribution in [3.05, 3.63) is 46.6 Å². The number of aromatic nitrogens is 3. The molecule has 3 aromatic rings. The van der Waals surface area contributed by atoms with Gasteiger partial charge in [0.2, 0.25) is 0 Å². The van der Waals surface area contributed by atoms with E-state index in [1.807, 2.05) is 0 Å². The van der Waals surface area contributed by atoms with Crippen LogP contribution in [0.15, 0.2) is 31.1 Å². The molecule has 6 nitrogen and oxygen atoms in total. The molecule has 4 rings (SSSR count). The van der Waals surface area contributed by atoms with Gasteiger partial charge in [-0.2, -0.15) is 18.3 Å². The summed E-state index contributed by atoms with van der Waals surface area (Å²) in [6.45, 7) is 5.55. The van der Waals surface area contributed by atoms with E-state index in [0.29, 0.717) is 28.0 Å². The van der Waals surface area contributed by atoms with Gasteiger partial charge < -0.3 is 11.1 Å². The van der Waals surface area contributed by atoms with Crippen molar-refractivity contribution in [3.63, 3.8) is 0 Å². The minimum absolute atomic E-state index is 0.0807. The molecule has 3 N–H and O–H groups in total. The second kappa shape index (κ2) is 8.17. The number of hydrogen-bond donors (Lipinski definition) is 2. The van der Waals surface area contributed by atoms with Crippen LogP contribution in [0.3, 0.4) is 0 Å². The Morgan fingerprint density at radius 1 is 1.36 bits per heavy atom. The predicted molar refractivity (Wildman–Crippen MR) is 114 cm³/mol. The number of alkyl halides is 5. The Hall–Kier alpha value is -2.86. The molecule has 1 aliphatic rings. The summed E-state index contributed by atoms with van der Waals surface area (Å²) in [4.78, 5) is 17.6. The van der Waals surface area contributed by atoms with E-state index < -0.39 is 35.7 Å². The van der Waals surface area contributed by atoms with Crippen molar-refractivity contribution in [1.29, 1.82) is 0 Å². The van der Waals surface area contributed by atoms with Crippen LogP contribution < -0.4 is 11.1 Å². The Morgan fingerprint density at radius 2 is 2.09 bits per heavy atom. The number of nitrogens with one attached hydrogen (secondary N) is 1. The number of rotatable bonds is 4. The van der Waals surface area contributed by atoms with Gasteiger partial charge in [0, 0.05) is 24.2 Å². The van der Waals surface area contributed by atoms with Gasteiger partial charge >= 0.3 is 6.18 Å². The van der Waals surface area contributed by atoms with Gasteiger partial charge in [-0.05, 0) is 37.5 Å². The van der Waals surface area contributed by atoms with Crippen molar-refractivity contribution in [2.24, 2.45) is 5.73 Å². The smallest absolute Gasteiger partial charge is 0.340 e. The number of carbonyl (C=O) groups is 1. The lowest BCUT2D eigenvalue weighted by atomic mass is 9.87. The second-order valence-corrected chi connectivity index (χ2v) is 9.05. The van der Waals surface area contributed by atoms with Crippen LogP contribution in [-0.2, 0) is 6.18 Å². The highest BCUT2D eigenvalue weighted by Gasteiger charge is 2.46. The standard InChI is InChI=1S/C21H20F5N5OS/c1-10(2)16-15(12-8-28-31-9-11(21(24,25)26)5-6-14(12)31)29-19(33-16)18(32)30-17-13(27)4-3-7-20(17,22)23/h5-6,8-9,13,17H,1,3-4,7,27H2,2H3,(H,30,32). The molecule has 3 aromatic heterocycles. The van der Waals surface area contributed by atoms with E-state index in [2.05, 4.69) is 22.0 Å². The zero-order valence-electron chi connectivity index (χ0n) is 17.4. The minimum Gasteiger partial charge on any atom is -0.340 e. The Morgan fingerprint density at radius 3 is 2.73 bits per heavy atom. The molecule has 0 spiro atoms. The van der Waals surface area contributed by atoms with Crippen LogP contribution in [0.2, 0.25) is 0 Å². The van der Waals surface area contributed by atoms with Crippen LogP contribution in [0.25, 0.3) is 22.3 Å². The summed E-state index contributed by atoms with van der Waals surface area (Å²) >= 11 is 0.954. The largest absolute Gasteiger partial charge is 0.417 e. The molecule has 0 bridgehead atoms. The lowest BCUT2D eigenvalue weighted by Gasteiger charge is -2.36. The van der Waals surface area contributed by atoms with Crippen LogP contribution in [0.5, 0.6) is 0 Å². The molecule has 0 saturated heterocycles. The molecule has 1 fully saturated rings. The number of fused-ring (bicyclic) bond motifs is 1. The van der Waals surface area contributed by atoms with Gasteiger partial charge in [-0.1, -0.05) is 6.58 Å². The quantitative estimate of drug-likeness (QED) is 0.522. The van der Waals surface area contributed by atoms with Gasteiger partial charge in [0.1, 0.15) is 6.04 Å². The summed E-state index contributed by atoms with van der Waals surface area (Å²) in [6, 6.07) is -0.223. The first kappa shape index (κ1) is 23.3. The monoisotopic (exact) mass is 485 g/mol. The molecule has 1 aliphatic carbocycles. The Kier molecular flexibility index (Phi) is 5.77. The maximum atomic E-state index is 14.3. The highest BCUT2D eigenvalue weighted by Crippen LogP contribution is 2.37. The fourth-order valence-electron chi connectivity index (χ4n) is 3.85.